The molecule has 0 atom stereocenters. The number of benzene rings is 1. The first-order valence-electron chi connectivity index (χ1n) is 10.5. The highest BCUT2D eigenvalue weighted by Gasteiger charge is 2.55. The van der Waals surface area contributed by atoms with Gasteiger partial charge in [-0.1, -0.05) is 23.2 Å². The summed E-state index contributed by atoms with van der Waals surface area (Å²) in [6.45, 7) is 13.5. The van der Waals surface area contributed by atoms with Crippen LogP contribution < -0.4 is 0 Å². The fourth-order valence-corrected chi connectivity index (χ4v) is 5.15. The van der Waals surface area contributed by atoms with E-state index >= 15 is 0 Å². The molecule has 8 heteroatoms. The van der Waals surface area contributed by atoms with Crippen molar-refractivity contribution in [3.8, 4) is 10.6 Å². The molecule has 0 amide bonds. The maximum Gasteiger partial charge on any atom is 0.316 e. The molecule has 5 nitrogen and oxygen atoms in total. The number of halogens is 2. The minimum absolute atomic E-state index is 0.0360. The number of thiazole rings is 1. The van der Waals surface area contributed by atoms with Crippen LogP contribution in [0.2, 0.25) is 10.0 Å². The molecule has 0 aliphatic heterocycles. The molecular weight excluding hydrogens is 481 g/mol. The predicted octanol–water partition coefficient (Wildman–Crippen LogP) is 6.93. The fraction of sp³-hybridized carbons (Fsp3) is 0.440. The lowest BCUT2D eigenvalue weighted by Crippen LogP contribution is -2.49. The molecule has 0 bridgehead atoms. The minimum Gasteiger partial charge on any atom is -0.429 e. The lowest BCUT2D eigenvalue weighted by atomic mass is 9.63. The number of allylic oxidation sites excluding steroid dienone is 2. The highest BCUT2D eigenvalue weighted by Crippen LogP contribution is 2.49. The van der Waals surface area contributed by atoms with E-state index in [0.29, 0.717) is 26.3 Å². The SMILES string of the molecule is Cc1sc(-c2cc(Cl)ccc2Cl)nc1C1=C(OC(=O)C(C)(C)C)C(C)(C)C(=O)C(C)(C)C1=O. The molecule has 0 saturated heterocycles. The maximum atomic E-state index is 13.7. The topological polar surface area (TPSA) is 73.3 Å². The Labute approximate surface area is 208 Å². The highest BCUT2D eigenvalue weighted by molar-refractivity contribution is 7.15. The van der Waals surface area contributed by atoms with Crippen molar-refractivity contribution in [3.05, 3.63) is 44.6 Å². The summed E-state index contributed by atoms with van der Waals surface area (Å²) < 4.78 is 5.80. The van der Waals surface area contributed by atoms with Crippen molar-refractivity contribution in [1.29, 1.82) is 0 Å². The minimum atomic E-state index is -1.31. The molecule has 1 aliphatic carbocycles. The van der Waals surface area contributed by atoms with E-state index < -0.39 is 28.0 Å². The van der Waals surface area contributed by atoms with Gasteiger partial charge in [-0.25, -0.2) is 4.98 Å². The van der Waals surface area contributed by atoms with Crippen LogP contribution in [0, 0.1) is 23.2 Å². The van der Waals surface area contributed by atoms with Crippen molar-refractivity contribution < 1.29 is 19.1 Å². The second-order valence-corrected chi connectivity index (χ2v) is 12.3. The van der Waals surface area contributed by atoms with E-state index in [4.69, 9.17) is 32.9 Å². The summed E-state index contributed by atoms with van der Waals surface area (Å²) in [6, 6.07) is 5.08. The molecule has 0 spiro atoms. The van der Waals surface area contributed by atoms with Crippen LogP contribution in [0.3, 0.4) is 0 Å². The first-order valence-corrected chi connectivity index (χ1v) is 12.1. The number of Topliss-reactive ketones (excluding diaryl/α,β-unsaturated/α-hetero) is 2. The molecule has 33 heavy (non-hydrogen) atoms. The molecule has 0 unspecified atom stereocenters. The van der Waals surface area contributed by atoms with Crippen LogP contribution in [0.15, 0.2) is 24.0 Å². The number of ether oxygens (including phenoxy) is 1. The highest BCUT2D eigenvalue weighted by atomic mass is 35.5. The summed E-state index contributed by atoms with van der Waals surface area (Å²) in [7, 11) is 0. The van der Waals surface area contributed by atoms with Crippen LogP contribution in [-0.4, -0.2) is 22.5 Å². The van der Waals surface area contributed by atoms with Crippen LogP contribution >= 0.6 is 34.5 Å². The number of carbonyl (C=O) groups is 3. The Kier molecular flexibility index (Phi) is 6.46. The zero-order chi connectivity index (χ0) is 25.1. The third-order valence-corrected chi connectivity index (χ3v) is 7.29. The van der Waals surface area contributed by atoms with Crippen molar-refractivity contribution in [1.82, 2.24) is 4.98 Å². The summed E-state index contributed by atoms with van der Waals surface area (Å²) >= 11 is 13.9. The Bertz CT molecular complexity index is 1220. The van der Waals surface area contributed by atoms with Gasteiger partial charge in [0.05, 0.1) is 32.5 Å². The first kappa shape index (κ1) is 25.6. The van der Waals surface area contributed by atoms with E-state index in [0.717, 1.165) is 4.88 Å². The van der Waals surface area contributed by atoms with E-state index in [2.05, 4.69) is 0 Å². The molecule has 1 aromatic heterocycles. The summed E-state index contributed by atoms with van der Waals surface area (Å²) in [6.07, 6.45) is 0. The van der Waals surface area contributed by atoms with E-state index in [1.165, 1.54) is 11.3 Å². The molecular formula is C25H27Cl2NO4S. The van der Waals surface area contributed by atoms with Gasteiger partial charge in [-0.2, -0.15) is 0 Å². The van der Waals surface area contributed by atoms with Gasteiger partial charge in [-0.15, -0.1) is 11.3 Å². The van der Waals surface area contributed by atoms with Gasteiger partial charge in [0.1, 0.15) is 10.8 Å². The molecule has 1 heterocycles. The zero-order valence-electron chi connectivity index (χ0n) is 20.0. The summed E-state index contributed by atoms with van der Waals surface area (Å²) in [4.78, 5) is 45.2. The molecule has 1 aromatic carbocycles. The largest absolute Gasteiger partial charge is 0.429 e. The van der Waals surface area contributed by atoms with Crippen molar-refractivity contribution in [2.45, 2.75) is 55.4 Å². The number of ketones is 2. The van der Waals surface area contributed by atoms with Crippen LogP contribution in [0.5, 0.6) is 0 Å². The molecule has 0 fully saturated rings. The zero-order valence-corrected chi connectivity index (χ0v) is 22.3. The van der Waals surface area contributed by atoms with Crippen molar-refractivity contribution >= 4 is 57.6 Å². The molecule has 3 rings (SSSR count). The fourth-order valence-electron chi connectivity index (χ4n) is 3.76. The smallest absolute Gasteiger partial charge is 0.316 e. The number of nitrogens with zero attached hydrogens (tertiary/aromatic N) is 1. The van der Waals surface area contributed by atoms with Crippen LogP contribution in [-0.2, 0) is 19.1 Å². The molecule has 1 aliphatic rings. The van der Waals surface area contributed by atoms with Crippen LogP contribution in [0.4, 0.5) is 0 Å². The Morgan fingerprint density at radius 3 is 2.24 bits per heavy atom. The standard InChI is InChI=1S/C25H27Cl2NO4S/c1-12-17(28-20(33-12)14-11-13(26)9-10-15(14)27)16-18(29)24(5,6)21(30)25(7,8)19(16)32-22(31)23(2,3)4/h9-11H,1-8H3. The van der Waals surface area contributed by atoms with E-state index in [1.807, 2.05) is 6.92 Å². The second-order valence-electron chi connectivity index (χ2n) is 10.3. The first-order chi connectivity index (χ1) is 15.0. The van der Waals surface area contributed by atoms with Gasteiger partial charge in [-0.3, -0.25) is 14.4 Å². The molecule has 176 valence electrons. The summed E-state index contributed by atoms with van der Waals surface area (Å²) in [5, 5.41) is 1.55. The van der Waals surface area contributed by atoms with Gasteiger partial charge in [-0.05, 0) is 73.6 Å². The van der Waals surface area contributed by atoms with Gasteiger partial charge in [0.2, 0.25) is 0 Å². The van der Waals surface area contributed by atoms with Crippen molar-refractivity contribution in [3.63, 3.8) is 0 Å². The Balaban J connectivity index is 2.32. The van der Waals surface area contributed by atoms with Gasteiger partial charge >= 0.3 is 5.97 Å². The molecule has 2 aromatic rings. The Hall–Kier alpha value is -2.02. The average molecular weight is 508 g/mol. The van der Waals surface area contributed by atoms with E-state index in [-0.39, 0.29) is 17.1 Å². The molecule has 0 saturated carbocycles. The second kappa shape index (κ2) is 8.33. The summed E-state index contributed by atoms with van der Waals surface area (Å²) in [5.74, 6) is -1.24. The summed E-state index contributed by atoms with van der Waals surface area (Å²) in [5.41, 5.74) is -2.18. The van der Waals surface area contributed by atoms with E-state index in [1.54, 1.807) is 66.7 Å². The Morgan fingerprint density at radius 2 is 1.67 bits per heavy atom. The molecule has 0 N–H and O–H groups in total. The van der Waals surface area contributed by atoms with E-state index in [9.17, 15) is 14.4 Å². The predicted molar refractivity (Wildman–Crippen MR) is 132 cm³/mol. The van der Waals surface area contributed by atoms with Gasteiger partial charge < -0.3 is 4.74 Å². The third kappa shape index (κ3) is 4.41. The number of rotatable bonds is 3. The van der Waals surface area contributed by atoms with Gasteiger partial charge in [0, 0.05) is 15.5 Å². The van der Waals surface area contributed by atoms with Crippen LogP contribution in [0.25, 0.3) is 16.1 Å². The lowest BCUT2D eigenvalue weighted by molar-refractivity contribution is -0.153. The normalized spacial score (nSPS) is 18.0. The third-order valence-electron chi connectivity index (χ3n) is 5.72. The average Bonchev–Trinajstić information content (AvgIpc) is 3.07. The van der Waals surface area contributed by atoms with Crippen molar-refractivity contribution in [2.24, 2.45) is 16.2 Å². The number of esters is 1. The number of carbonyl (C=O) groups excluding carboxylic acids is 3. The monoisotopic (exact) mass is 507 g/mol. The number of hydrogen-bond acceptors (Lipinski definition) is 6. The molecule has 0 radical (unpaired) electrons. The van der Waals surface area contributed by atoms with Gasteiger partial charge in [0.15, 0.2) is 11.6 Å². The quantitative estimate of drug-likeness (QED) is 0.332. The maximum absolute atomic E-state index is 13.7. The van der Waals surface area contributed by atoms with Crippen molar-refractivity contribution in [2.75, 3.05) is 0 Å². The van der Waals surface area contributed by atoms with Crippen LogP contribution in [0.1, 0.15) is 59.0 Å². The Morgan fingerprint density at radius 1 is 1.06 bits per heavy atom. The van der Waals surface area contributed by atoms with Gasteiger partial charge in [0.25, 0.3) is 0 Å². The number of aryl methyl sites for hydroxylation is 1. The lowest BCUT2D eigenvalue weighted by Gasteiger charge is -2.40. The number of hydrogen-bond donors (Lipinski definition) is 0. The number of aromatic nitrogens is 1.